The molecule has 0 spiro atoms. The molecule has 0 amide bonds. The molecule has 0 aliphatic rings. The second-order valence-electron chi connectivity index (χ2n) is 4.47. The van der Waals surface area contributed by atoms with E-state index in [1.54, 1.807) is 30.3 Å². The highest BCUT2D eigenvalue weighted by molar-refractivity contribution is 5.88. The third-order valence-corrected chi connectivity index (χ3v) is 3.15. The zero-order chi connectivity index (χ0) is 14.3. The van der Waals surface area contributed by atoms with E-state index in [0.717, 1.165) is 6.92 Å². The van der Waals surface area contributed by atoms with Crippen LogP contribution >= 0.6 is 0 Å². The maximum absolute atomic E-state index is 13.0. The normalized spacial score (nSPS) is 15.3. The van der Waals surface area contributed by atoms with Crippen molar-refractivity contribution in [3.63, 3.8) is 0 Å². The van der Waals surface area contributed by atoms with E-state index in [9.17, 15) is 18.3 Å². The topological polar surface area (TPSA) is 29.5 Å². The fraction of sp³-hybridized carbons (Fsp3) is 0.286. The van der Waals surface area contributed by atoms with Crippen molar-refractivity contribution in [2.45, 2.75) is 18.7 Å². The van der Waals surface area contributed by atoms with Crippen molar-refractivity contribution in [3.8, 4) is 5.75 Å². The molecule has 0 aliphatic carbocycles. The molecule has 0 bridgehead atoms. The highest BCUT2D eigenvalue weighted by Gasteiger charge is 2.51. The van der Waals surface area contributed by atoms with Crippen LogP contribution in [0.2, 0.25) is 0 Å². The Kier molecular flexibility index (Phi) is 3.18. The molecule has 102 valence electrons. The molecule has 5 heteroatoms. The second-order valence-corrected chi connectivity index (χ2v) is 4.47. The summed E-state index contributed by atoms with van der Waals surface area (Å²) in [6, 6.07) is 9.41. The Bertz CT molecular complexity index is 603. The van der Waals surface area contributed by atoms with Crippen molar-refractivity contribution in [1.82, 2.24) is 0 Å². The molecule has 2 aromatic carbocycles. The first-order chi connectivity index (χ1) is 8.77. The van der Waals surface area contributed by atoms with E-state index in [1.807, 2.05) is 0 Å². The maximum Gasteiger partial charge on any atom is 0.421 e. The van der Waals surface area contributed by atoms with Crippen LogP contribution in [0.25, 0.3) is 10.8 Å². The van der Waals surface area contributed by atoms with E-state index < -0.39 is 11.8 Å². The summed E-state index contributed by atoms with van der Waals surface area (Å²) in [5.74, 6) is 0.276. The third kappa shape index (κ3) is 2.26. The molecule has 1 unspecified atom stereocenters. The molecule has 1 N–H and O–H groups in total. The first kappa shape index (κ1) is 13.7. The molecular weight excluding hydrogens is 257 g/mol. The van der Waals surface area contributed by atoms with Gasteiger partial charge in [-0.25, -0.2) is 0 Å². The van der Waals surface area contributed by atoms with Crippen LogP contribution in [-0.2, 0) is 5.60 Å². The molecule has 2 nitrogen and oxygen atoms in total. The number of rotatable bonds is 2. The van der Waals surface area contributed by atoms with E-state index in [-0.39, 0.29) is 11.3 Å². The van der Waals surface area contributed by atoms with E-state index >= 15 is 0 Å². The average Bonchev–Trinajstić information content (AvgIpc) is 2.36. The molecule has 0 aromatic heterocycles. The Morgan fingerprint density at radius 1 is 1.11 bits per heavy atom. The van der Waals surface area contributed by atoms with Gasteiger partial charge in [0.05, 0.1) is 7.11 Å². The van der Waals surface area contributed by atoms with Crippen LogP contribution in [0.1, 0.15) is 12.5 Å². The number of fused-ring (bicyclic) bond motifs is 1. The molecule has 0 heterocycles. The quantitative estimate of drug-likeness (QED) is 0.903. The van der Waals surface area contributed by atoms with Gasteiger partial charge in [-0.15, -0.1) is 0 Å². The van der Waals surface area contributed by atoms with Crippen molar-refractivity contribution in [2.24, 2.45) is 0 Å². The van der Waals surface area contributed by atoms with Gasteiger partial charge in [0.2, 0.25) is 0 Å². The van der Waals surface area contributed by atoms with E-state index in [0.29, 0.717) is 10.8 Å². The van der Waals surface area contributed by atoms with Gasteiger partial charge >= 0.3 is 6.18 Å². The van der Waals surface area contributed by atoms with Crippen LogP contribution < -0.4 is 4.74 Å². The summed E-state index contributed by atoms with van der Waals surface area (Å²) in [6.07, 6.45) is -4.76. The lowest BCUT2D eigenvalue weighted by atomic mass is 9.90. The fourth-order valence-electron chi connectivity index (χ4n) is 1.96. The maximum atomic E-state index is 13.0. The van der Waals surface area contributed by atoms with Gasteiger partial charge in [0.15, 0.2) is 5.60 Å². The summed E-state index contributed by atoms with van der Waals surface area (Å²) in [7, 11) is 1.37. The van der Waals surface area contributed by atoms with E-state index in [2.05, 4.69) is 0 Å². The van der Waals surface area contributed by atoms with Crippen molar-refractivity contribution in [1.29, 1.82) is 0 Å². The molecular formula is C14H13F3O2. The highest BCUT2D eigenvalue weighted by atomic mass is 19.4. The zero-order valence-electron chi connectivity index (χ0n) is 10.5. The van der Waals surface area contributed by atoms with Crippen molar-refractivity contribution in [2.75, 3.05) is 7.11 Å². The van der Waals surface area contributed by atoms with Crippen LogP contribution in [0.3, 0.4) is 0 Å². The smallest absolute Gasteiger partial charge is 0.421 e. The van der Waals surface area contributed by atoms with Gasteiger partial charge in [-0.3, -0.25) is 0 Å². The molecule has 0 radical (unpaired) electrons. The Morgan fingerprint density at radius 3 is 2.32 bits per heavy atom. The molecule has 19 heavy (non-hydrogen) atoms. The van der Waals surface area contributed by atoms with Crippen LogP contribution in [-0.4, -0.2) is 18.4 Å². The van der Waals surface area contributed by atoms with Gasteiger partial charge in [-0.2, -0.15) is 13.2 Å². The molecule has 1 atom stereocenters. The summed E-state index contributed by atoms with van der Waals surface area (Å²) >= 11 is 0. The summed E-state index contributed by atoms with van der Waals surface area (Å²) in [5.41, 5.74) is -3.14. The molecule has 2 rings (SSSR count). The summed E-state index contributed by atoms with van der Waals surface area (Å²) in [5, 5.41) is 10.8. The van der Waals surface area contributed by atoms with Crippen LogP contribution in [0.15, 0.2) is 36.4 Å². The van der Waals surface area contributed by atoms with Crippen LogP contribution in [0, 0.1) is 0 Å². The monoisotopic (exact) mass is 270 g/mol. The molecule has 0 fully saturated rings. The van der Waals surface area contributed by atoms with Crippen molar-refractivity contribution >= 4 is 10.8 Å². The summed E-state index contributed by atoms with van der Waals surface area (Å²) in [4.78, 5) is 0. The average molecular weight is 270 g/mol. The zero-order valence-corrected chi connectivity index (χ0v) is 10.5. The van der Waals surface area contributed by atoms with Gasteiger partial charge in [0.25, 0.3) is 0 Å². The first-order valence-electron chi connectivity index (χ1n) is 5.63. The SMILES string of the molecule is COc1cc(C(C)(O)C(F)(F)F)c2ccccc2c1. The standard InChI is InChI=1S/C14H13F3O2/c1-13(18,14(15,16)17)12-8-10(19-2)7-9-5-3-4-6-11(9)12/h3-8,18H,1-2H3. The lowest BCUT2D eigenvalue weighted by Crippen LogP contribution is -2.39. The second kappa shape index (κ2) is 4.42. The number of halogens is 3. The summed E-state index contributed by atoms with van der Waals surface area (Å²) in [6.45, 7) is 0.744. The number of aliphatic hydroxyl groups is 1. The third-order valence-electron chi connectivity index (χ3n) is 3.15. The minimum atomic E-state index is -4.76. The van der Waals surface area contributed by atoms with Gasteiger partial charge in [-0.1, -0.05) is 24.3 Å². The van der Waals surface area contributed by atoms with Gasteiger partial charge < -0.3 is 9.84 Å². The van der Waals surface area contributed by atoms with Crippen LogP contribution in [0.5, 0.6) is 5.75 Å². The van der Waals surface area contributed by atoms with Gasteiger partial charge in [-0.05, 0) is 29.8 Å². The lowest BCUT2D eigenvalue weighted by Gasteiger charge is -2.28. The number of methoxy groups -OCH3 is 1. The predicted molar refractivity (Wildman–Crippen MR) is 66.1 cm³/mol. The Hall–Kier alpha value is -1.75. The Balaban J connectivity index is 2.78. The Morgan fingerprint density at radius 2 is 1.74 bits per heavy atom. The minimum absolute atomic E-state index is 0.213. The lowest BCUT2D eigenvalue weighted by molar-refractivity contribution is -0.258. The number of hydrogen-bond donors (Lipinski definition) is 1. The fourth-order valence-corrected chi connectivity index (χ4v) is 1.96. The van der Waals surface area contributed by atoms with Gasteiger partial charge in [0.1, 0.15) is 5.75 Å². The first-order valence-corrected chi connectivity index (χ1v) is 5.63. The van der Waals surface area contributed by atoms with Crippen molar-refractivity contribution in [3.05, 3.63) is 42.0 Å². The molecule has 0 aliphatic heterocycles. The molecule has 2 aromatic rings. The number of benzene rings is 2. The summed E-state index contributed by atoms with van der Waals surface area (Å²) < 4.78 is 44.0. The predicted octanol–water partition coefficient (Wildman–Crippen LogP) is 3.62. The van der Waals surface area contributed by atoms with E-state index in [1.165, 1.54) is 13.2 Å². The largest absolute Gasteiger partial charge is 0.497 e. The minimum Gasteiger partial charge on any atom is -0.497 e. The molecule has 0 saturated heterocycles. The van der Waals surface area contributed by atoms with Crippen LogP contribution in [0.4, 0.5) is 13.2 Å². The van der Waals surface area contributed by atoms with Crippen molar-refractivity contribution < 1.29 is 23.0 Å². The number of alkyl halides is 3. The van der Waals surface area contributed by atoms with Gasteiger partial charge in [0, 0.05) is 5.56 Å². The molecule has 0 saturated carbocycles. The number of hydrogen-bond acceptors (Lipinski definition) is 2. The number of ether oxygens (including phenoxy) is 1. The van der Waals surface area contributed by atoms with E-state index in [4.69, 9.17) is 4.74 Å². The highest BCUT2D eigenvalue weighted by Crippen LogP contribution is 2.42. The Labute approximate surface area is 108 Å².